The second-order valence-electron chi connectivity index (χ2n) is 7.88. The Labute approximate surface area is 198 Å². The molecule has 6 heteroatoms. The molecule has 0 aliphatic heterocycles. The number of methoxy groups -OCH3 is 1. The number of fused-ring (bicyclic) bond motifs is 1. The lowest BCUT2D eigenvalue weighted by Crippen LogP contribution is -2.28. The molecule has 4 rings (SSSR count). The van der Waals surface area contributed by atoms with Gasteiger partial charge in [-0.05, 0) is 59.2 Å². The predicted octanol–water partition coefficient (Wildman–Crippen LogP) is 5.10. The van der Waals surface area contributed by atoms with Crippen LogP contribution in [0.15, 0.2) is 84.9 Å². The quantitative estimate of drug-likeness (QED) is 0.388. The predicted molar refractivity (Wildman–Crippen MR) is 133 cm³/mol. The summed E-state index contributed by atoms with van der Waals surface area (Å²) in [7, 11) is 1.61. The molecule has 0 fully saturated rings. The van der Waals surface area contributed by atoms with Crippen molar-refractivity contribution in [3.63, 3.8) is 0 Å². The molecule has 0 aliphatic carbocycles. The number of carbonyl (C=O) groups excluding carboxylic acids is 2. The van der Waals surface area contributed by atoms with Gasteiger partial charge in [0.1, 0.15) is 11.5 Å². The summed E-state index contributed by atoms with van der Waals surface area (Å²) in [6.07, 6.45) is 0. The largest absolute Gasteiger partial charge is 0.497 e. The van der Waals surface area contributed by atoms with Gasteiger partial charge < -0.3 is 20.1 Å². The summed E-state index contributed by atoms with van der Waals surface area (Å²) >= 11 is 0. The van der Waals surface area contributed by atoms with Crippen molar-refractivity contribution < 1.29 is 19.1 Å². The molecule has 4 aromatic carbocycles. The molecule has 0 spiro atoms. The highest BCUT2D eigenvalue weighted by molar-refractivity contribution is 6.09. The highest BCUT2D eigenvalue weighted by Crippen LogP contribution is 2.27. The van der Waals surface area contributed by atoms with E-state index in [1.54, 1.807) is 19.2 Å². The Bertz CT molecular complexity index is 1320. The van der Waals surface area contributed by atoms with Gasteiger partial charge in [0, 0.05) is 12.2 Å². The second-order valence-corrected chi connectivity index (χ2v) is 7.88. The molecule has 2 N–H and O–H groups in total. The minimum absolute atomic E-state index is 0.209. The van der Waals surface area contributed by atoms with Crippen LogP contribution in [0, 0.1) is 6.92 Å². The van der Waals surface area contributed by atoms with E-state index >= 15 is 0 Å². The van der Waals surface area contributed by atoms with Gasteiger partial charge in [0.05, 0.1) is 12.7 Å². The fraction of sp³-hybridized carbons (Fsp3) is 0.143. The van der Waals surface area contributed by atoms with Crippen LogP contribution in [0.25, 0.3) is 10.8 Å². The van der Waals surface area contributed by atoms with Crippen molar-refractivity contribution in [3.8, 4) is 11.5 Å². The molecule has 0 unspecified atom stereocenters. The zero-order chi connectivity index (χ0) is 23.9. The summed E-state index contributed by atoms with van der Waals surface area (Å²) in [6, 6.07) is 26.3. The van der Waals surface area contributed by atoms with E-state index in [0.29, 0.717) is 17.9 Å². The van der Waals surface area contributed by atoms with Crippen molar-refractivity contribution in [2.45, 2.75) is 13.5 Å². The summed E-state index contributed by atoms with van der Waals surface area (Å²) in [5, 5.41) is 7.61. The van der Waals surface area contributed by atoms with Gasteiger partial charge in [-0.3, -0.25) is 9.59 Å². The second kappa shape index (κ2) is 10.5. The first kappa shape index (κ1) is 22.9. The molecule has 0 bridgehead atoms. The van der Waals surface area contributed by atoms with E-state index in [-0.39, 0.29) is 18.4 Å². The van der Waals surface area contributed by atoms with Gasteiger partial charge in [0.15, 0.2) is 6.61 Å². The number of ether oxygens (including phenoxy) is 2. The minimum Gasteiger partial charge on any atom is -0.497 e. The van der Waals surface area contributed by atoms with Crippen LogP contribution in [0.3, 0.4) is 0 Å². The van der Waals surface area contributed by atoms with E-state index < -0.39 is 0 Å². The Balaban J connectivity index is 1.48. The smallest absolute Gasteiger partial charge is 0.259 e. The monoisotopic (exact) mass is 454 g/mol. The molecule has 0 saturated carbocycles. The number of carbonyl (C=O) groups is 2. The third-order valence-corrected chi connectivity index (χ3v) is 5.49. The lowest BCUT2D eigenvalue weighted by atomic mass is 10.0. The normalized spacial score (nSPS) is 10.5. The van der Waals surface area contributed by atoms with Crippen molar-refractivity contribution in [2.24, 2.45) is 0 Å². The summed E-state index contributed by atoms with van der Waals surface area (Å²) in [6.45, 7) is 2.09. The van der Waals surface area contributed by atoms with E-state index in [4.69, 9.17) is 9.47 Å². The van der Waals surface area contributed by atoms with Gasteiger partial charge in [-0.15, -0.1) is 0 Å². The number of nitrogens with one attached hydrogen (secondary N) is 2. The molecule has 4 aromatic rings. The number of hydrogen-bond acceptors (Lipinski definition) is 4. The fourth-order valence-corrected chi connectivity index (χ4v) is 3.56. The topological polar surface area (TPSA) is 76.7 Å². The maximum absolute atomic E-state index is 13.1. The fourth-order valence-electron chi connectivity index (χ4n) is 3.56. The number of para-hydroxylation sites is 1. The van der Waals surface area contributed by atoms with Crippen molar-refractivity contribution in [2.75, 3.05) is 19.0 Å². The van der Waals surface area contributed by atoms with E-state index in [0.717, 1.165) is 33.3 Å². The van der Waals surface area contributed by atoms with Gasteiger partial charge in [-0.25, -0.2) is 0 Å². The van der Waals surface area contributed by atoms with Crippen LogP contribution in [0.4, 0.5) is 5.69 Å². The number of rotatable bonds is 8. The summed E-state index contributed by atoms with van der Waals surface area (Å²) in [5.41, 5.74) is 2.99. The Morgan fingerprint density at radius 2 is 1.53 bits per heavy atom. The van der Waals surface area contributed by atoms with E-state index in [2.05, 4.69) is 10.6 Å². The number of benzene rings is 4. The maximum Gasteiger partial charge on any atom is 0.259 e. The van der Waals surface area contributed by atoms with Gasteiger partial charge in [-0.2, -0.15) is 0 Å². The van der Waals surface area contributed by atoms with Crippen LogP contribution in [-0.2, 0) is 11.3 Å². The van der Waals surface area contributed by atoms with Crippen molar-refractivity contribution in [1.82, 2.24) is 5.32 Å². The van der Waals surface area contributed by atoms with Crippen molar-refractivity contribution in [1.29, 1.82) is 0 Å². The first-order chi connectivity index (χ1) is 16.5. The standard InChI is InChI=1S/C28H26N2O4/c1-19-7-3-6-10-25(19)30-28(32)24-15-21-8-4-5-9-22(21)16-26(24)34-18-27(31)29-17-20-11-13-23(33-2)14-12-20/h3-16H,17-18H2,1-2H3,(H,29,31)(H,30,32). The maximum atomic E-state index is 13.1. The Hall–Kier alpha value is -4.32. The molecule has 0 radical (unpaired) electrons. The van der Waals surface area contributed by atoms with Gasteiger partial charge >= 0.3 is 0 Å². The Kier molecular flexibility index (Phi) is 7.08. The Morgan fingerprint density at radius 3 is 2.24 bits per heavy atom. The lowest BCUT2D eigenvalue weighted by Gasteiger charge is -2.14. The molecule has 0 aliphatic rings. The van der Waals surface area contributed by atoms with Gasteiger partial charge in [-0.1, -0.05) is 54.6 Å². The average molecular weight is 455 g/mol. The minimum atomic E-state index is -0.298. The SMILES string of the molecule is COc1ccc(CNC(=O)COc2cc3ccccc3cc2C(=O)Nc2ccccc2C)cc1. The molecular formula is C28H26N2O4. The number of aryl methyl sites for hydroxylation is 1. The molecule has 0 heterocycles. The zero-order valence-electron chi connectivity index (χ0n) is 19.1. The van der Waals surface area contributed by atoms with Gasteiger partial charge in [0.2, 0.25) is 0 Å². The first-order valence-corrected chi connectivity index (χ1v) is 11.0. The van der Waals surface area contributed by atoms with Crippen LogP contribution in [0.1, 0.15) is 21.5 Å². The zero-order valence-corrected chi connectivity index (χ0v) is 19.1. The van der Waals surface area contributed by atoms with E-state index in [1.807, 2.05) is 79.7 Å². The summed E-state index contributed by atoms with van der Waals surface area (Å²) in [5.74, 6) is 0.526. The number of hydrogen-bond donors (Lipinski definition) is 2. The van der Waals surface area contributed by atoms with E-state index in [9.17, 15) is 9.59 Å². The highest BCUT2D eigenvalue weighted by atomic mass is 16.5. The van der Waals surface area contributed by atoms with E-state index in [1.165, 1.54) is 0 Å². The summed E-state index contributed by atoms with van der Waals surface area (Å²) < 4.78 is 11.0. The molecule has 0 saturated heterocycles. The number of anilines is 1. The molecule has 0 aromatic heterocycles. The molecule has 0 atom stereocenters. The van der Waals surface area contributed by atoms with Crippen LogP contribution in [-0.4, -0.2) is 25.5 Å². The average Bonchev–Trinajstić information content (AvgIpc) is 2.87. The highest BCUT2D eigenvalue weighted by Gasteiger charge is 2.16. The molecule has 172 valence electrons. The third-order valence-electron chi connectivity index (χ3n) is 5.49. The van der Waals surface area contributed by atoms with Crippen LogP contribution in [0.2, 0.25) is 0 Å². The Morgan fingerprint density at radius 1 is 0.853 bits per heavy atom. The van der Waals surface area contributed by atoms with Crippen molar-refractivity contribution >= 4 is 28.3 Å². The lowest BCUT2D eigenvalue weighted by molar-refractivity contribution is -0.123. The summed E-state index contributed by atoms with van der Waals surface area (Å²) in [4.78, 5) is 25.6. The molecule has 2 amide bonds. The van der Waals surface area contributed by atoms with Crippen LogP contribution >= 0.6 is 0 Å². The first-order valence-electron chi connectivity index (χ1n) is 11.0. The molecule has 34 heavy (non-hydrogen) atoms. The molecular weight excluding hydrogens is 428 g/mol. The third kappa shape index (κ3) is 5.53. The van der Waals surface area contributed by atoms with Gasteiger partial charge in [0.25, 0.3) is 11.8 Å². The van der Waals surface area contributed by atoms with Crippen molar-refractivity contribution in [3.05, 3.63) is 102 Å². The van der Waals surface area contributed by atoms with Crippen LogP contribution < -0.4 is 20.1 Å². The van der Waals surface area contributed by atoms with Crippen LogP contribution in [0.5, 0.6) is 11.5 Å². The molecule has 6 nitrogen and oxygen atoms in total. The number of amides is 2.